The Morgan fingerprint density at radius 1 is 1.29 bits per heavy atom. The topological polar surface area (TPSA) is 70.5 Å². The quantitative estimate of drug-likeness (QED) is 0.796. The minimum absolute atomic E-state index is 0.0271. The summed E-state index contributed by atoms with van der Waals surface area (Å²) in [5.41, 5.74) is 1.48. The molecule has 1 aromatic heterocycles. The van der Waals surface area contributed by atoms with Crippen molar-refractivity contribution in [3.8, 4) is 0 Å². The Balaban J connectivity index is 2.12. The van der Waals surface area contributed by atoms with E-state index in [1.165, 1.54) is 11.3 Å². The molecule has 0 unspecified atom stereocenters. The van der Waals surface area contributed by atoms with Crippen LogP contribution in [0.2, 0.25) is 0 Å². The van der Waals surface area contributed by atoms with Gasteiger partial charge < -0.3 is 10.0 Å². The van der Waals surface area contributed by atoms with Gasteiger partial charge in [-0.05, 0) is 6.92 Å². The molecule has 0 aliphatic carbocycles. The summed E-state index contributed by atoms with van der Waals surface area (Å²) in [6.45, 7) is 2.26. The lowest BCUT2D eigenvalue weighted by Crippen LogP contribution is -2.32. The molecule has 6 heteroatoms. The van der Waals surface area contributed by atoms with Crippen molar-refractivity contribution < 1.29 is 14.7 Å². The Morgan fingerprint density at radius 3 is 2.57 bits per heavy atom. The number of thiazole rings is 1. The van der Waals surface area contributed by atoms with E-state index in [0.717, 1.165) is 5.69 Å². The lowest BCUT2D eigenvalue weighted by Gasteiger charge is -2.20. The van der Waals surface area contributed by atoms with Crippen molar-refractivity contribution in [3.05, 3.63) is 47.0 Å². The first-order chi connectivity index (χ1) is 10.1. The predicted molar refractivity (Wildman–Crippen MR) is 82.1 cm³/mol. The van der Waals surface area contributed by atoms with E-state index in [1.54, 1.807) is 17.0 Å². The molecule has 0 spiro atoms. The van der Waals surface area contributed by atoms with E-state index in [0.29, 0.717) is 10.7 Å². The Kier molecular flexibility index (Phi) is 5.05. The van der Waals surface area contributed by atoms with E-state index in [1.807, 2.05) is 30.5 Å². The van der Waals surface area contributed by atoms with Crippen LogP contribution in [0.5, 0.6) is 0 Å². The van der Waals surface area contributed by atoms with E-state index in [-0.39, 0.29) is 25.3 Å². The van der Waals surface area contributed by atoms with Crippen LogP contribution in [0, 0.1) is 6.92 Å². The molecule has 0 fully saturated rings. The van der Waals surface area contributed by atoms with Gasteiger partial charge in [0.05, 0.1) is 18.7 Å². The van der Waals surface area contributed by atoms with Gasteiger partial charge in [0, 0.05) is 17.5 Å². The summed E-state index contributed by atoms with van der Waals surface area (Å²) in [5, 5.41) is 11.4. The standard InChI is InChI=1S/C15H16N2O3S/c1-11-10-21-15(16-11)17(8-7-14(19)20)9-13(18)12-5-3-2-4-6-12/h2-6,10H,7-9H2,1H3,(H,19,20). The summed E-state index contributed by atoms with van der Waals surface area (Å²) < 4.78 is 0. The van der Waals surface area contributed by atoms with E-state index in [9.17, 15) is 9.59 Å². The number of aliphatic carboxylic acids is 1. The number of rotatable bonds is 7. The monoisotopic (exact) mass is 304 g/mol. The molecule has 0 atom stereocenters. The van der Waals surface area contributed by atoms with Crippen LogP contribution in [-0.2, 0) is 4.79 Å². The summed E-state index contributed by atoms with van der Waals surface area (Å²) in [4.78, 5) is 29.1. The molecule has 2 aromatic rings. The SMILES string of the molecule is Cc1csc(N(CCC(=O)O)CC(=O)c2ccccc2)n1. The summed E-state index contributed by atoms with van der Waals surface area (Å²) in [6, 6.07) is 8.98. The zero-order valence-electron chi connectivity index (χ0n) is 11.7. The number of carboxylic acids is 1. The number of nitrogens with zero attached hydrogens (tertiary/aromatic N) is 2. The summed E-state index contributed by atoms with van der Waals surface area (Å²) in [5.74, 6) is -0.936. The first-order valence-electron chi connectivity index (χ1n) is 6.53. The minimum Gasteiger partial charge on any atom is -0.481 e. The van der Waals surface area contributed by atoms with Crippen LogP contribution >= 0.6 is 11.3 Å². The van der Waals surface area contributed by atoms with Gasteiger partial charge in [-0.25, -0.2) is 4.98 Å². The molecule has 21 heavy (non-hydrogen) atoms. The largest absolute Gasteiger partial charge is 0.481 e. The summed E-state index contributed by atoms with van der Waals surface area (Å²) in [7, 11) is 0. The number of benzene rings is 1. The van der Waals surface area contributed by atoms with Gasteiger partial charge in [-0.15, -0.1) is 11.3 Å². The number of carbonyl (C=O) groups excluding carboxylic acids is 1. The second kappa shape index (κ2) is 6.99. The number of hydrogen-bond acceptors (Lipinski definition) is 5. The van der Waals surface area contributed by atoms with E-state index >= 15 is 0 Å². The number of ketones is 1. The molecule has 1 N–H and O–H groups in total. The summed E-state index contributed by atoms with van der Waals surface area (Å²) in [6.07, 6.45) is -0.0271. The molecule has 2 rings (SSSR count). The van der Waals surface area contributed by atoms with Crippen molar-refractivity contribution in [1.82, 2.24) is 4.98 Å². The third-order valence-corrected chi connectivity index (χ3v) is 3.92. The Bertz CT molecular complexity index is 625. The molecule has 0 bridgehead atoms. The number of carbonyl (C=O) groups is 2. The average Bonchev–Trinajstić information content (AvgIpc) is 2.90. The fourth-order valence-electron chi connectivity index (χ4n) is 1.85. The Morgan fingerprint density at radius 2 is 2.00 bits per heavy atom. The van der Waals surface area contributed by atoms with Crippen molar-refractivity contribution in [2.75, 3.05) is 18.0 Å². The predicted octanol–water partition coefficient (Wildman–Crippen LogP) is 2.62. The average molecular weight is 304 g/mol. The van der Waals surface area contributed by atoms with Crippen molar-refractivity contribution in [2.24, 2.45) is 0 Å². The maximum Gasteiger partial charge on any atom is 0.305 e. The lowest BCUT2D eigenvalue weighted by molar-refractivity contribution is -0.136. The molecule has 1 aromatic carbocycles. The minimum atomic E-state index is -0.888. The third-order valence-electron chi connectivity index (χ3n) is 2.90. The number of aryl methyl sites for hydroxylation is 1. The van der Waals surface area contributed by atoms with E-state index in [2.05, 4.69) is 4.98 Å². The van der Waals surface area contributed by atoms with Gasteiger partial charge in [0.2, 0.25) is 0 Å². The molecule has 0 aliphatic heterocycles. The van der Waals surface area contributed by atoms with E-state index in [4.69, 9.17) is 5.11 Å². The van der Waals surface area contributed by atoms with Crippen LogP contribution in [0.15, 0.2) is 35.7 Å². The van der Waals surface area contributed by atoms with Gasteiger partial charge in [-0.2, -0.15) is 0 Å². The van der Waals surface area contributed by atoms with Crippen molar-refractivity contribution >= 4 is 28.2 Å². The molecule has 0 aliphatic rings. The van der Waals surface area contributed by atoms with Crippen molar-refractivity contribution in [2.45, 2.75) is 13.3 Å². The van der Waals surface area contributed by atoms with Gasteiger partial charge in [0.15, 0.2) is 10.9 Å². The van der Waals surface area contributed by atoms with Crippen LogP contribution in [0.4, 0.5) is 5.13 Å². The van der Waals surface area contributed by atoms with Crippen LogP contribution < -0.4 is 4.90 Å². The number of hydrogen-bond donors (Lipinski definition) is 1. The molecule has 0 radical (unpaired) electrons. The van der Waals surface area contributed by atoms with Gasteiger partial charge in [0.25, 0.3) is 0 Å². The van der Waals surface area contributed by atoms with Crippen LogP contribution in [0.25, 0.3) is 0 Å². The molecule has 1 heterocycles. The van der Waals surface area contributed by atoms with Gasteiger partial charge in [-0.1, -0.05) is 30.3 Å². The fourth-order valence-corrected chi connectivity index (χ4v) is 2.68. The Labute approximate surface area is 126 Å². The lowest BCUT2D eigenvalue weighted by atomic mass is 10.1. The normalized spacial score (nSPS) is 10.3. The van der Waals surface area contributed by atoms with Crippen LogP contribution in [-0.4, -0.2) is 34.9 Å². The van der Waals surface area contributed by atoms with Gasteiger partial charge in [0.1, 0.15) is 0 Å². The van der Waals surface area contributed by atoms with Crippen molar-refractivity contribution in [3.63, 3.8) is 0 Å². The van der Waals surface area contributed by atoms with Gasteiger partial charge >= 0.3 is 5.97 Å². The highest BCUT2D eigenvalue weighted by molar-refractivity contribution is 7.13. The zero-order valence-corrected chi connectivity index (χ0v) is 12.5. The molecular weight excluding hydrogens is 288 g/mol. The smallest absolute Gasteiger partial charge is 0.305 e. The second-order valence-corrected chi connectivity index (χ2v) is 5.46. The molecule has 0 amide bonds. The first kappa shape index (κ1) is 15.2. The first-order valence-corrected chi connectivity index (χ1v) is 7.41. The molecule has 5 nitrogen and oxygen atoms in total. The number of carboxylic acid groups (broad SMARTS) is 1. The fraction of sp³-hybridized carbons (Fsp3) is 0.267. The number of aromatic nitrogens is 1. The maximum atomic E-state index is 12.3. The third kappa shape index (κ3) is 4.39. The highest BCUT2D eigenvalue weighted by atomic mass is 32.1. The second-order valence-electron chi connectivity index (χ2n) is 4.63. The highest BCUT2D eigenvalue weighted by Gasteiger charge is 2.16. The van der Waals surface area contributed by atoms with Gasteiger partial charge in [-0.3, -0.25) is 9.59 Å². The molecule has 0 saturated carbocycles. The molecule has 0 saturated heterocycles. The number of anilines is 1. The summed E-state index contributed by atoms with van der Waals surface area (Å²) >= 11 is 1.42. The zero-order chi connectivity index (χ0) is 15.2. The molecule has 110 valence electrons. The maximum absolute atomic E-state index is 12.3. The highest BCUT2D eigenvalue weighted by Crippen LogP contribution is 2.20. The molecular formula is C15H16N2O3S. The Hall–Kier alpha value is -2.21. The van der Waals surface area contributed by atoms with E-state index < -0.39 is 5.97 Å². The van der Waals surface area contributed by atoms with Crippen molar-refractivity contribution in [1.29, 1.82) is 0 Å². The van der Waals surface area contributed by atoms with Crippen LogP contribution in [0.1, 0.15) is 22.5 Å². The van der Waals surface area contributed by atoms with Crippen LogP contribution in [0.3, 0.4) is 0 Å². The number of Topliss-reactive ketones (excluding diaryl/α,β-unsaturated/α-hetero) is 1.